The first-order valence-corrected chi connectivity index (χ1v) is 8.71. The van der Waals surface area contributed by atoms with E-state index in [1.54, 1.807) is 0 Å². The van der Waals surface area contributed by atoms with Crippen molar-refractivity contribution < 1.29 is 9.84 Å². The number of fused-ring (bicyclic) bond motifs is 1. The molecule has 0 amide bonds. The lowest BCUT2D eigenvalue weighted by atomic mass is 9.62. The van der Waals surface area contributed by atoms with Crippen molar-refractivity contribution >= 4 is 0 Å². The lowest BCUT2D eigenvalue weighted by Crippen LogP contribution is -2.40. The van der Waals surface area contributed by atoms with Crippen LogP contribution < -0.4 is 0 Å². The summed E-state index contributed by atoms with van der Waals surface area (Å²) >= 11 is 0. The molecule has 2 nitrogen and oxygen atoms in total. The molecule has 1 N–H and O–H groups in total. The molecule has 0 aromatic heterocycles. The molecular formula is C18H32O2. The van der Waals surface area contributed by atoms with Gasteiger partial charge in [-0.15, -0.1) is 0 Å². The summed E-state index contributed by atoms with van der Waals surface area (Å²) in [7, 11) is 0. The van der Waals surface area contributed by atoms with Crippen LogP contribution in [0.15, 0.2) is 0 Å². The molecule has 2 saturated carbocycles. The Kier molecular flexibility index (Phi) is 3.70. The molecule has 20 heavy (non-hydrogen) atoms. The summed E-state index contributed by atoms with van der Waals surface area (Å²) in [5.41, 5.74) is -0.222. The Hall–Kier alpha value is -0.0800. The summed E-state index contributed by atoms with van der Waals surface area (Å²) in [6.07, 6.45) is 8.91. The van der Waals surface area contributed by atoms with Gasteiger partial charge in [-0.2, -0.15) is 0 Å². The molecule has 3 aliphatic rings. The summed E-state index contributed by atoms with van der Waals surface area (Å²) in [5, 5.41) is 10.5. The lowest BCUT2D eigenvalue weighted by molar-refractivity contribution is -0.0301. The Bertz CT molecular complexity index is 354. The third-order valence-electron chi connectivity index (χ3n) is 6.35. The Morgan fingerprint density at radius 1 is 1.05 bits per heavy atom. The molecule has 3 fully saturated rings. The molecule has 0 radical (unpaired) electrons. The maximum atomic E-state index is 10.5. The van der Waals surface area contributed by atoms with Gasteiger partial charge in [0.2, 0.25) is 0 Å². The van der Waals surface area contributed by atoms with Crippen molar-refractivity contribution in [2.45, 2.75) is 89.9 Å². The molecular weight excluding hydrogens is 248 g/mol. The summed E-state index contributed by atoms with van der Waals surface area (Å²) in [4.78, 5) is 0. The predicted octanol–water partition coefficient (Wildman–Crippen LogP) is 4.16. The smallest absolute Gasteiger partial charge is 0.0923 e. The maximum Gasteiger partial charge on any atom is 0.0923 e. The first-order chi connectivity index (χ1) is 9.31. The van der Waals surface area contributed by atoms with Crippen molar-refractivity contribution in [3.05, 3.63) is 0 Å². The van der Waals surface area contributed by atoms with Gasteiger partial charge in [-0.1, -0.05) is 20.3 Å². The molecule has 1 saturated heterocycles. The predicted molar refractivity (Wildman–Crippen MR) is 81.5 cm³/mol. The van der Waals surface area contributed by atoms with E-state index in [0.29, 0.717) is 12.0 Å². The van der Waals surface area contributed by atoms with Crippen molar-refractivity contribution in [3.8, 4) is 0 Å². The van der Waals surface area contributed by atoms with Gasteiger partial charge in [0, 0.05) is 0 Å². The van der Waals surface area contributed by atoms with E-state index in [1.165, 1.54) is 32.1 Å². The van der Waals surface area contributed by atoms with Crippen molar-refractivity contribution in [1.29, 1.82) is 0 Å². The van der Waals surface area contributed by atoms with Gasteiger partial charge in [0.05, 0.1) is 17.3 Å². The van der Waals surface area contributed by atoms with Gasteiger partial charge >= 0.3 is 0 Å². The van der Waals surface area contributed by atoms with E-state index in [4.69, 9.17) is 4.74 Å². The van der Waals surface area contributed by atoms with Crippen LogP contribution in [0.3, 0.4) is 0 Å². The van der Waals surface area contributed by atoms with Gasteiger partial charge in [-0.25, -0.2) is 0 Å². The fraction of sp³-hybridized carbons (Fsp3) is 1.00. The van der Waals surface area contributed by atoms with E-state index in [2.05, 4.69) is 20.8 Å². The Morgan fingerprint density at radius 3 is 2.35 bits per heavy atom. The Labute approximate surface area is 124 Å². The SMILES string of the molecule is CC(C)C(C1CCCC(C)(O)C1)C1CCC2OC2(C)C1. The highest BCUT2D eigenvalue weighted by Gasteiger charge is 2.57. The fourth-order valence-corrected chi connectivity index (χ4v) is 5.47. The van der Waals surface area contributed by atoms with E-state index in [0.717, 1.165) is 30.6 Å². The van der Waals surface area contributed by atoms with Crippen LogP contribution in [-0.2, 0) is 4.74 Å². The average Bonchev–Trinajstić information content (AvgIpc) is 2.98. The standard InChI is InChI=1S/C18H32O2/c1-12(2)16(13-6-5-9-17(3,19)10-13)14-7-8-15-18(4,11-14)20-15/h12-16,19H,5-11H2,1-4H3. The number of hydrogen-bond acceptors (Lipinski definition) is 2. The molecule has 2 aliphatic carbocycles. The highest BCUT2D eigenvalue weighted by molar-refractivity contribution is 5.05. The van der Waals surface area contributed by atoms with Crippen LogP contribution in [0.2, 0.25) is 0 Å². The maximum absolute atomic E-state index is 10.5. The molecule has 0 bridgehead atoms. The monoisotopic (exact) mass is 280 g/mol. The van der Waals surface area contributed by atoms with Crippen molar-refractivity contribution in [2.24, 2.45) is 23.7 Å². The van der Waals surface area contributed by atoms with Crippen LogP contribution >= 0.6 is 0 Å². The zero-order valence-corrected chi connectivity index (χ0v) is 13.7. The number of rotatable bonds is 3. The largest absolute Gasteiger partial charge is 0.390 e. The summed E-state index contributed by atoms with van der Waals surface area (Å²) < 4.78 is 5.90. The van der Waals surface area contributed by atoms with Crippen LogP contribution in [0.25, 0.3) is 0 Å². The second-order valence-electron chi connectivity index (χ2n) is 8.64. The molecule has 6 atom stereocenters. The highest BCUT2D eigenvalue weighted by Crippen LogP contribution is 2.54. The van der Waals surface area contributed by atoms with E-state index in [9.17, 15) is 5.11 Å². The second kappa shape index (κ2) is 4.98. The fourth-order valence-electron chi connectivity index (χ4n) is 5.47. The summed E-state index contributed by atoms with van der Waals surface area (Å²) in [6.45, 7) is 9.11. The Balaban J connectivity index is 1.72. The van der Waals surface area contributed by atoms with Gasteiger partial charge in [0.15, 0.2) is 0 Å². The van der Waals surface area contributed by atoms with Gasteiger partial charge < -0.3 is 9.84 Å². The van der Waals surface area contributed by atoms with Crippen molar-refractivity contribution in [3.63, 3.8) is 0 Å². The third-order valence-corrected chi connectivity index (χ3v) is 6.35. The van der Waals surface area contributed by atoms with Gasteiger partial charge in [-0.3, -0.25) is 0 Å². The van der Waals surface area contributed by atoms with Crippen molar-refractivity contribution in [1.82, 2.24) is 0 Å². The normalized spacial score (nSPS) is 49.8. The summed E-state index contributed by atoms with van der Waals surface area (Å²) in [5.74, 6) is 3.00. The minimum absolute atomic E-state index is 0.202. The molecule has 0 spiro atoms. The molecule has 3 rings (SSSR count). The van der Waals surface area contributed by atoms with Gasteiger partial charge in [0.1, 0.15) is 0 Å². The van der Waals surface area contributed by atoms with Crippen LogP contribution in [0.1, 0.15) is 72.6 Å². The highest BCUT2D eigenvalue weighted by atomic mass is 16.6. The summed E-state index contributed by atoms with van der Waals surface area (Å²) in [6, 6.07) is 0. The van der Waals surface area contributed by atoms with E-state index < -0.39 is 5.60 Å². The quantitative estimate of drug-likeness (QED) is 0.787. The van der Waals surface area contributed by atoms with Crippen molar-refractivity contribution in [2.75, 3.05) is 0 Å². The van der Waals surface area contributed by atoms with Gasteiger partial charge in [0.25, 0.3) is 0 Å². The Morgan fingerprint density at radius 2 is 1.75 bits per heavy atom. The molecule has 0 aromatic rings. The molecule has 2 heteroatoms. The van der Waals surface area contributed by atoms with Crippen LogP contribution in [-0.4, -0.2) is 22.4 Å². The van der Waals surface area contributed by atoms with Crippen LogP contribution in [0.4, 0.5) is 0 Å². The van der Waals surface area contributed by atoms with Crippen LogP contribution in [0.5, 0.6) is 0 Å². The molecule has 1 aliphatic heterocycles. The zero-order valence-electron chi connectivity index (χ0n) is 13.7. The van der Waals surface area contributed by atoms with Gasteiger partial charge in [-0.05, 0) is 76.0 Å². The minimum Gasteiger partial charge on any atom is -0.390 e. The van der Waals surface area contributed by atoms with Crippen LogP contribution in [0, 0.1) is 23.7 Å². The van der Waals surface area contributed by atoms with E-state index in [-0.39, 0.29) is 5.60 Å². The topological polar surface area (TPSA) is 32.8 Å². The minimum atomic E-state index is -0.423. The lowest BCUT2D eigenvalue weighted by Gasteiger charge is -2.44. The number of ether oxygens (including phenoxy) is 1. The number of hydrogen-bond donors (Lipinski definition) is 1. The molecule has 0 aromatic carbocycles. The zero-order chi connectivity index (χ0) is 14.5. The molecule has 6 unspecified atom stereocenters. The molecule has 1 heterocycles. The number of aliphatic hydroxyl groups is 1. The first kappa shape index (κ1) is 14.8. The van der Waals surface area contributed by atoms with E-state index >= 15 is 0 Å². The first-order valence-electron chi connectivity index (χ1n) is 8.71. The molecule has 116 valence electrons. The second-order valence-corrected chi connectivity index (χ2v) is 8.64. The number of epoxide rings is 1. The van der Waals surface area contributed by atoms with E-state index in [1.807, 2.05) is 6.92 Å². The average molecular weight is 280 g/mol. The third kappa shape index (κ3) is 2.78.